The molecule has 2 amide bonds. The van der Waals surface area contributed by atoms with Crippen LogP contribution in [0, 0.1) is 5.82 Å². The van der Waals surface area contributed by atoms with Gasteiger partial charge in [-0.05, 0) is 36.6 Å². The highest BCUT2D eigenvalue weighted by atomic mass is 19.1. The summed E-state index contributed by atoms with van der Waals surface area (Å²) in [5, 5.41) is 0. The first-order valence-corrected chi connectivity index (χ1v) is 9.57. The van der Waals surface area contributed by atoms with Gasteiger partial charge in [0.15, 0.2) is 0 Å². The van der Waals surface area contributed by atoms with Crippen molar-refractivity contribution in [2.24, 2.45) is 0 Å². The van der Waals surface area contributed by atoms with Crippen molar-refractivity contribution in [2.45, 2.75) is 31.7 Å². The van der Waals surface area contributed by atoms with Crippen molar-refractivity contribution in [2.75, 3.05) is 19.6 Å². The second-order valence-corrected chi connectivity index (χ2v) is 7.31. The van der Waals surface area contributed by atoms with Gasteiger partial charge in [0.1, 0.15) is 12.4 Å². The molecule has 0 unspecified atom stereocenters. The lowest BCUT2D eigenvalue weighted by Gasteiger charge is -2.37. The standard InChI is InChI=1S/C22H23FN2O2/c23-20-11-4-3-10-19(20)16-6-5-7-17(14-16)22(27)24-12-13-25(21(26)15-24)18-8-1-2-9-18/h3-7,10-11,14,18H,1-2,8-9,12-13,15H2. The van der Waals surface area contributed by atoms with Gasteiger partial charge >= 0.3 is 0 Å². The molecule has 2 aromatic carbocycles. The van der Waals surface area contributed by atoms with Crippen LogP contribution in [0.4, 0.5) is 4.39 Å². The number of hydrogen-bond donors (Lipinski definition) is 0. The molecule has 2 fully saturated rings. The minimum atomic E-state index is -0.317. The quantitative estimate of drug-likeness (QED) is 0.831. The molecular weight excluding hydrogens is 343 g/mol. The molecule has 1 heterocycles. The molecule has 0 aromatic heterocycles. The molecule has 0 atom stereocenters. The Balaban J connectivity index is 1.50. The molecule has 1 aliphatic carbocycles. The van der Waals surface area contributed by atoms with Gasteiger partial charge in [0.2, 0.25) is 5.91 Å². The van der Waals surface area contributed by atoms with Gasteiger partial charge in [0, 0.05) is 30.3 Å². The Labute approximate surface area is 158 Å². The zero-order chi connectivity index (χ0) is 18.8. The zero-order valence-electron chi connectivity index (χ0n) is 15.2. The SMILES string of the molecule is O=C(c1cccc(-c2ccccc2F)c1)N1CCN(C2CCCC2)C(=O)C1. The number of amides is 2. The summed E-state index contributed by atoms with van der Waals surface area (Å²) in [6.45, 7) is 1.27. The largest absolute Gasteiger partial charge is 0.336 e. The van der Waals surface area contributed by atoms with Crippen LogP contribution >= 0.6 is 0 Å². The Morgan fingerprint density at radius 2 is 1.78 bits per heavy atom. The summed E-state index contributed by atoms with van der Waals surface area (Å²) < 4.78 is 14.1. The van der Waals surface area contributed by atoms with Crippen molar-refractivity contribution in [3.63, 3.8) is 0 Å². The number of halogens is 1. The van der Waals surface area contributed by atoms with Crippen molar-refractivity contribution >= 4 is 11.8 Å². The zero-order valence-corrected chi connectivity index (χ0v) is 15.2. The number of nitrogens with zero attached hydrogens (tertiary/aromatic N) is 2. The Morgan fingerprint density at radius 3 is 2.52 bits per heavy atom. The molecule has 0 radical (unpaired) electrons. The number of piperazine rings is 1. The van der Waals surface area contributed by atoms with Gasteiger partial charge in [-0.1, -0.05) is 43.2 Å². The van der Waals surface area contributed by atoms with E-state index < -0.39 is 0 Å². The first-order valence-electron chi connectivity index (χ1n) is 9.57. The molecule has 2 aromatic rings. The maximum atomic E-state index is 14.1. The lowest BCUT2D eigenvalue weighted by molar-refractivity contribution is -0.137. The number of hydrogen-bond acceptors (Lipinski definition) is 2. The van der Waals surface area contributed by atoms with Crippen LogP contribution in [0.3, 0.4) is 0 Å². The van der Waals surface area contributed by atoms with Gasteiger partial charge in [-0.2, -0.15) is 0 Å². The van der Waals surface area contributed by atoms with Gasteiger partial charge in [-0.3, -0.25) is 9.59 Å². The van der Waals surface area contributed by atoms with Crippen molar-refractivity contribution in [3.8, 4) is 11.1 Å². The average Bonchev–Trinajstić information content (AvgIpc) is 3.22. The van der Waals surface area contributed by atoms with E-state index in [4.69, 9.17) is 0 Å². The fourth-order valence-corrected chi connectivity index (χ4v) is 4.16. The van der Waals surface area contributed by atoms with Crippen LogP contribution in [0.5, 0.6) is 0 Å². The van der Waals surface area contributed by atoms with Crippen LogP contribution in [0.15, 0.2) is 48.5 Å². The molecule has 0 N–H and O–H groups in total. The minimum Gasteiger partial charge on any atom is -0.336 e. The van der Waals surface area contributed by atoms with Gasteiger partial charge in [-0.25, -0.2) is 4.39 Å². The third-order valence-corrected chi connectivity index (χ3v) is 5.60. The monoisotopic (exact) mass is 366 g/mol. The van der Waals surface area contributed by atoms with E-state index in [-0.39, 0.29) is 24.2 Å². The van der Waals surface area contributed by atoms with E-state index in [0.717, 1.165) is 12.8 Å². The lowest BCUT2D eigenvalue weighted by Crippen LogP contribution is -2.54. The van der Waals surface area contributed by atoms with Crippen LogP contribution in [0.2, 0.25) is 0 Å². The predicted molar refractivity (Wildman–Crippen MR) is 102 cm³/mol. The molecule has 1 saturated carbocycles. The summed E-state index contributed by atoms with van der Waals surface area (Å²) in [5.74, 6) is -0.457. The second kappa shape index (κ2) is 7.51. The lowest BCUT2D eigenvalue weighted by atomic mass is 10.0. The number of rotatable bonds is 3. The minimum absolute atomic E-state index is 0.0340. The van der Waals surface area contributed by atoms with E-state index in [2.05, 4.69) is 0 Å². The Bertz CT molecular complexity index is 861. The molecule has 5 heteroatoms. The highest BCUT2D eigenvalue weighted by Gasteiger charge is 2.33. The number of benzene rings is 2. The summed E-state index contributed by atoms with van der Waals surface area (Å²) in [6, 6.07) is 13.8. The molecule has 0 spiro atoms. The van der Waals surface area contributed by atoms with Gasteiger partial charge < -0.3 is 9.80 Å². The molecule has 4 rings (SSSR count). The molecule has 1 saturated heterocycles. The maximum Gasteiger partial charge on any atom is 0.254 e. The third-order valence-electron chi connectivity index (χ3n) is 5.60. The molecule has 4 nitrogen and oxygen atoms in total. The van der Waals surface area contributed by atoms with Crippen LogP contribution < -0.4 is 0 Å². The highest BCUT2D eigenvalue weighted by Crippen LogP contribution is 2.26. The first kappa shape index (κ1) is 17.7. The third kappa shape index (κ3) is 3.59. The fraction of sp³-hybridized carbons (Fsp3) is 0.364. The van der Waals surface area contributed by atoms with E-state index in [0.29, 0.717) is 35.8 Å². The van der Waals surface area contributed by atoms with Gasteiger partial charge in [-0.15, -0.1) is 0 Å². The highest BCUT2D eigenvalue weighted by molar-refractivity contribution is 5.98. The molecule has 27 heavy (non-hydrogen) atoms. The van der Waals surface area contributed by atoms with E-state index in [1.165, 1.54) is 18.9 Å². The molecule has 2 aliphatic rings. The van der Waals surface area contributed by atoms with Crippen LogP contribution in [-0.2, 0) is 4.79 Å². The predicted octanol–water partition coefficient (Wildman–Crippen LogP) is 3.72. The first-order chi connectivity index (χ1) is 13.1. The average molecular weight is 366 g/mol. The van der Waals surface area contributed by atoms with E-state index in [1.54, 1.807) is 47.4 Å². The second-order valence-electron chi connectivity index (χ2n) is 7.31. The van der Waals surface area contributed by atoms with Crippen molar-refractivity contribution in [1.29, 1.82) is 0 Å². The van der Waals surface area contributed by atoms with Crippen molar-refractivity contribution in [3.05, 3.63) is 59.9 Å². The Kier molecular flexibility index (Phi) is 4.92. The molecule has 140 valence electrons. The van der Waals surface area contributed by atoms with E-state index >= 15 is 0 Å². The van der Waals surface area contributed by atoms with Crippen LogP contribution in [-0.4, -0.2) is 47.3 Å². The van der Waals surface area contributed by atoms with Crippen molar-refractivity contribution in [1.82, 2.24) is 9.80 Å². The smallest absolute Gasteiger partial charge is 0.254 e. The summed E-state index contributed by atoms with van der Waals surface area (Å²) in [6.07, 6.45) is 4.51. The summed E-state index contributed by atoms with van der Waals surface area (Å²) in [4.78, 5) is 29.0. The molecular formula is C22H23FN2O2. The van der Waals surface area contributed by atoms with Gasteiger partial charge in [0.05, 0.1) is 0 Å². The maximum absolute atomic E-state index is 14.1. The normalized spacial score (nSPS) is 18.2. The van der Waals surface area contributed by atoms with Crippen LogP contribution in [0.1, 0.15) is 36.0 Å². The molecule has 1 aliphatic heterocycles. The van der Waals surface area contributed by atoms with E-state index in [1.807, 2.05) is 4.90 Å². The fourth-order valence-electron chi connectivity index (χ4n) is 4.16. The summed E-state index contributed by atoms with van der Waals surface area (Å²) in [5.41, 5.74) is 1.61. The summed E-state index contributed by atoms with van der Waals surface area (Å²) in [7, 11) is 0. The number of carbonyl (C=O) groups is 2. The Morgan fingerprint density at radius 1 is 1.00 bits per heavy atom. The van der Waals surface area contributed by atoms with Crippen molar-refractivity contribution < 1.29 is 14.0 Å². The summed E-state index contributed by atoms with van der Waals surface area (Å²) >= 11 is 0. The Hall–Kier alpha value is -2.69. The van der Waals surface area contributed by atoms with Crippen LogP contribution in [0.25, 0.3) is 11.1 Å². The van der Waals surface area contributed by atoms with E-state index in [9.17, 15) is 14.0 Å². The number of carbonyl (C=O) groups excluding carboxylic acids is 2. The van der Waals surface area contributed by atoms with Gasteiger partial charge in [0.25, 0.3) is 5.91 Å². The molecule has 0 bridgehead atoms. The topological polar surface area (TPSA) is 40.6 Å².